The van der Waals surface area contributed by atoms with Gasteiger partial charge in [0.05, 0.1) is 0 Å². The van der Waals surface area contributed by atoms with E-state index in [1.54, 1.807) is 0 Å². The Bertz CT molecular complexity index is 456. The molecule has 16 heavy (non-hydrogen) atoms. The van der Waals surface area contributed by atoms with E-state index in [9.17, 15) is 4.79 Å². The number of hydrogen-bond donors (Lipinski definition) is 4. The lowest BCUT2D eigenvalue weighted by Crippen LogP contribution is -2.24. The number of nitrogen functional groups attached to an aromatic ring is 2. The summed E-state index contributed by atoms with van der Waals surface area (Å²) in [4.78, 5) is 23.1. The van der Waals surface area contributed by atoms with Crippen LogP contribution in [0.25, 0.3) is 0 Å². The number of rotatable bonds is 2. The first-order valence-corrected chi connectivity index (χ1v) is 4.60. The first-order chi connectivity index (χ1) is 7.41. The van der Waals surface area contributed by atoms with Gasteiger partial charge in [-0.2, -0.15) is 0 Å². The Labute approximate surface area is 98.0 Å². The summed E-state index contributed by atoms with van der Waals surface area (Å²) in [6.45, 7) is 0. The number of carbonyl (C=O) groups is 1. The third-order valence-electron chi connectivity index (χ3n) is 1.33. The maximum absolute atomic E-state index is 11.3. The number of hydrogen-bond acceptors (Lipinski definition) is 7. The van der Waals surface area contributed by atoms with Crippen LogP contribution in [0.1, 0.15) is 10.5 Å². The van der Waals surface area contributed by atoms with E-state index in [4.69, 9.17) is 22.9 Å². The van der Waals surface area contributed by atoms with Crippen molar-refractivity contribution in [1.82, 2.24) is 9.97 Å². The van der Waals surface area contributed by atoms with Crippen molar-refractivity contribution in [2.45, 2.75) is 0 Å². The van der Waals surface area contributed by atoms with E-state index < -0.39 is 11.9 Å². The first kappa shape index (κ1) is 12.0. The molecule has 0 saturated carbocycles. The van der Waals surface area contributed by atoms with Crippen molar-refractivity contribution in [1.29, 1.82) is 0 Å². The maximum Gasteiger partial charge on any atom is 0.387 e. The van der Waals surface area contributed by atoms with Gasteiger partial charge in [-0.05, 0) is 21.1 Å². The van der Waals surface area contributed by atoms with Crippen molar-refractivity contribution in [2.24, 2.45) is 16.6 Å². The standard InChI is InChI=1S/C6H8BrN7O2/c7-2-4(9)13-3(8)1(12-2)5(15)16-14-6(10)11/h(H4,8,9,13)(H4,10,11,14). The predicted octanol–water partition coefficient (Wildman–Crippen LogP) is -1.25. The van der Waals surface area contributed by atoms with Gasteiger partial charge in [0.25, 0.3) is 0 Å². The molecule has 1 aromatic rings. The number of oxime groups is 1. The fourth-order valence-corrected chi connectivity index (χ4v) is 0.995. The van der Waals surface area contributed by atoms with Crippen molar-refractivity contribution in [3.8, 4) is 0 Å². The average molecular weight is 290 g/mol. The topological polar surface area (TPSA) is 169 Å². The minimum absolute atomic E-state index is 0.0518. The van der Waals surface area contributed by atoms with Crippen LogP contribution in [0.2, 0.25) is 0 Å². The molecule has 0 aliphatic rings. The van der Waals surface area contributed by atoms with Crippen LogP contribution in [0.15, 0.2) is 9.76 Å². The molecule has 0 spiro atoms. The lowest BCUT2D eigenvalue weighted by Gasteiger charge is -2.03. The van der Waals surface area contributed by atoms with E-state index in [2.05, 4.69) is 35.9 Å². The van der Waals surface area contributed by atoms with Crippen LogP contribution in [-0.4, -0.2) is 21.9 Å². The summed E-state index contributed by atoms with van der Waals surface area (Å²) in [5.74, 6) is -1.49. The molecule has 1 aromatic heterocycles. The zero-order valence-corrected chi connectivity index (χ0v) is 9.43. The fraction of sp³-hybridized carbons (Fsp3) is 0. The summed E-state index contributed by atoms with van der Waals surface area (Å²) in [7, 11) is 0. The Morgan fingerprint density at radius 2 is 1.88 bits per heavy atom. The smallest absolute Gasteiger partial charge is 0.382 e. The van der Waals surface area contributed by atoms with Gasteiger partial charge in [0.2, 0.25) is 5.96 Å². The molecule has 8 N–H and O–H groups in total. The van der Waals surface area contributed by atoms with Crippen molar-refractivity contribution < 1.29 is 9.63 Å². The Morgan fingerprint density at radius 1 is 1.25 bits per heavy atom. The molecule has 0 aliphatic carbocycles. The quantitative estimate of drug-likeness (QED) is 0.226. The molecule has 10 heteroatoms. The summed E-state index contributed by atoms with van der Waals surface area (Å²) in [5.41, 5.74) is 20.5. The van der Waals surface area contributed by atoms with Crippen molar-refractivity contribution >= 4 is 39.5 Å². The first-order valence-electron chi connectivity index (χ1n) is 3.80. The van der Waals surface area contributed by atoms with Gasteiger partial charge in [-0.1, -0.05) is 0 Å². The van der Waals surface area contributed by atoms with Gasteiger partial charge in [-0.25, -0.2) is 14.8 Å². The number of halogens is 1. The van der Waals surface area contributed by atoms with Gasteiger partial charge < -0.3 is 27.8 Å². The van der Waals surface area contributed by atoms with Crippen LogP contribution in [0.4, 0.5) is 11.6 Å². The van der Waals surface area contributed by atoms with Gasteiger partial charge in [-0.3, -0.25) is 0 Å². The predicted molar refractivity (Wildman–Crippen MR) is 59.8 cm³/mol. The van der Waals surface area contributed by atoms with Crippen LogP contribution >= 0.6 is 15.9 Å². The molecule has 86 valence electrons. The average Bonchev–Trinajstić information content (AvgIpc) is 2.20. The monoisotopic (exact) mass is 289 g/mol. The number of nitrogens with two attached hydrogens (primary N) is 4. The molecule has 0 atom stereocenters. The van der Waals surface area contributed by atoms with Crippen molar-refractivity contribution in [3.63, 3.8) is 0 Å². The van der Waals surface area contributed by atoms with Gasteiger partial charge in [0.1, 0.15) is 4.60 Å². The number of guanidine groups is 1. The number of nitrogens with zero attached hydrogens (tertiary/aromatic N) is 3. The minimum atomic E-state index is -0.945. The second-order valence-electron chi connectivity index (χ2n) is 2.53. The zero-order valence-electron chi connectivity index (χ0n) is 7.85. The molecule has 9 nitrogen and oxygen atoms in total. The Kier molecular flexibility index (Phi) is 3.45. The van der Waals surface area contributed by atoms with E-state index >= 15 is 0 Å². The van der Waals surface area contributed by atoms with E-state index in [1.165, 1.54) is 0 Å². The Morgan fingerprint density at radius 3 is 2.44 bits per heavy atom. The van der Waals surface area contributed by atoms with Crippen molar-refractivity contribution in [2.75, 3.05) is 11.5 Å². The van der Waals surface area contributed by atoms with E-state index in [-0.39, 0.29) is 21.9 Å². The molecule has 0 saturated heterocycles. The van der Waals surface area contributed by atoms with Crippen LogP contribution in [0, 0.1) is 0 Å². The molecular weight excluding hydrogens is 282 g/mol. The van der Waals surface area contributed by atoms with Crippen LogP contribution in [-0.2, 0) is 4.84 Å². The molecule has 0 radical (unpaired) electrons. The highest BCUT2D eigenvalue weighted by Gasteiger charge is 2.17. The van der Waals surface area contributed by atoms with Crippen LogP contribution in [0.3, 0.4) is 0 Å². The van der Waals surface area contributed by atoms with Crippen LogP contribution < -0.4 is 22.9 Å². The largest absolute Gasteiger partial charge is 0.387 e. The summed E-state index contributed by atoms with van der Waals surface area (Å²) in [6, 6.07) is 0. The zero-order chi connectivity index (χ0) is 12.3. The highest BCUT2D eigenvalue weighted by molar-refractivity contribution is 9.10. The molecule has 0 fully saturated rings. The summed E-state index contributed by atoms with van der Waals surface area (Å²) >= 11 is 2.98. The van der Waals surface area contributed by atoms with Crippen LogP contribution in [0.5, 0.6) is 0 Å². The lowest BCUT2D eigenvalue weighted by molar-refractivity contribution is 0.0509. The summed E-state index contributed by atoms with van der Waals surface area (Å²) < 4.78 is 0.165. The van der Waals surface area contributed by atoms with Gasteiger partial charge in [0, 0.05) is 0 Å². The third-order valence-corrected chi connectivity index (χ3v) is 1.92. The van der Waals surface area contributed by atoms with E-state index in [0.717, 1.165) is 0 Å². The second kappa shape index (κ2) is 4.61. The summed E-state index contributed by atoms with van der Waals surface area (Å²) in [5, 5.41) is 3.05. The lowest BCUT2D eigenvalue weighted by atomic mass is 10.4. The third kappa shape index (κ3) is 2.70. The number of aromatic nitrogens is 2. The normalized spacial score (nSPS) is 9.56. The molecule has 0 bridgehead atoms. The van der Waals surface area contributed by atoms with E-state index in [0.29, 0.717) is 0 Å². The highest BCUT2D eigenvalue weighted by atomic mass is 79.9. The van der Waals surface area contributed by atoms with Gasteiger partial charge in [0.15, 0.2) is 17.3 Å². The van der Waals surface area contributed by atoms with Gasteiger partial charge >= 0.3 is 5.97 Å². The SMILES string of the molecule is NC(N)=NOC(=O)c1nc(Br)c(N)nc1N. The minimum Gasteiger partial charge on any atom is -0.382 e. The highest BCUT2D eigenvalue weighted by Crippen LogP contribution is 2.18. The Hall–Kier alpha value is -2.10. The van der Waals surface area contributed by atoms with E-state index in [1.807, 2.05) is 0 Å². The van der Waals surface area contributed by atoms with Crippen molar-refractivity contribution in [3.05, 3.63) is 10.3 Å². The molecule has 0 aliphatic heterocycles. The number of carbonyl (C=O) groups excluding carboxylic acids is 1. The van der Waals surface area contributed by atoms with Gasteiger partial charge in [-0.15, -0.1) is 0 Å². The maximum atomic E-state index is 11.3. The fourth-order valence-electron chi connectivity index (χ4n) is 0.729. The molecule has 0 aromatic carbocycles. The molecule has 1 rings (SSSR count). The molecule has 0 amide bonds. The molecule has 1 heterocycles. The summed E-state index contributed by atoms with van der Waals surface area (Å²) in [6.07, 6.45) is 0. The molecular formula is C6H8BrN7O2. The molecule has 0 unspecified atom stereocenters. The Balaban J connectivity index is 3.00. The second-order valence-corrected chi connectivity index (χ2v) is 3.28. The number of anilines is 2.